The number of nitrogens with one attached hydrogen (secondary N) is 1. The molecule has 0 bridgehead atoms. The van der Waals surface area contributed by atoms with Gasteiger partial charge in [-0.25, -0.2) is 0 Å². The van der Waals surface area contributed by atoms with E-state index >= 15 is 0 Å². The third kappa shape index (κ3) is 2.88. The highest BCUT2D eigenvalue weighted by molar-refractivity contribution is 14.1. The maximum atomic E-state index is 3.62. The monoisotopic (exact) mass is 383 g/mol. The highest BCUT2D eigenvalue weighted by Gasteiger charge is 2.17. The minimum absolute atomic E-state index is 0.343. The molecule has 1 N–H and O–H groups in total. The van der Waals surface area contributed by atoms with Gasteiger partial charge in [0.1, 0.15) is 0 Å². The van der Waals surface area contributed by atoms with Crippen LogP contribution in [-0.4, -0.2) is 6.54 Å². The summed E-state index contributed by atoms with van der Waals surface area (Å²) in [6.45, 7) is 3.17. The van der Waals surface area contributed by atoms with Crippen LogP contribution in [0.1, 0.15) is 41.6 Å². The number of benzene rings is 1. The van der Waals surface area contributed by atoms with E-state index in [4.69, 9.17) is 0 Å². The normalized spacial score (nSPS) is 15.5. The molecule has 1 heterocycles. The van der Waals surface area contributed by atoms with Crippen LogP contribution in [0.2, 0.25) is 0 Å². The van der Waals surface area contributed by atoms with E-state index in [1.54, 1.807) is 11.1 Å². The van der Waals surface area contributed by atoms with E-state index in [1.165, 1.54) is 33.3 Å². The molecule has 1 aliphatic carbocycles. The third-order valence-electron chi connectivity index (χ3n) is 3.79. The molecule has 1 aromatic heterocycles. The van der Waals surface area contributed by atoms with Gasteiger partial charge in [-0.3, -0.25) is 0 Å². The first-order chi connectivity index (χ1) is 9.28. The summed E-state index contributed by atoms with van der Waals surface area (Å²) >= 11 is 4.23. The Morgan fingerprint density at radius 1 is 1.21 bits per heavy atom. The molecule has 0 saturated heterocycles. The van der Waals surface area contributed by atoms with E-state index in [9.17, 15) is 0 Å². The zero-order valence-corrected chi connectivity index (χ0v) is 14.1. The smallest absolute Gasteiger partial charge is 0.0656 e. The zero-order valence-electron chi connectivity index (χ0n) is 11.1. The molecule has 0 spiro atoms. The van der Waals surface area contributed by atoms with Crippen LogP contribution in [0.3, 0.4) is 0 Å². The van der Waals surface area contributed by atoms with Crippen molar-refractivity contribution in [3.63, 3.8) is 0 Å². The molecular formula is C16H18INS. The van der Waals surface area contributed by atoms with Crippen LogP contribution in [0, 0.1) is 2.88 Å². The highest BCUT2D eigenvalue weighted by Crippen LogP contribution is 2.30. The zero-order chi connectivity index (χ0) is 13.2. The van der Waals surface area contributed by atoms with E-state index in [1.807, 2.05) is 11.3 Å². The minimum atomic E-state index is 0.343. The van der Waals surface area contributed by atoms with Gasteiger partial charge in [0, 0.05) is 0 Å². The number of fused-ring (bicyclic) bond motifs is 1. The van der Waals surface area contributed by atoms with E-state index in [0.717, 1.165) is 6.54 Å². The average molecular weight is 383 g/mol. The molecule has 3 heteroatoms. The molecule has 1 aliphatic rings. The number of rotatable bonds is 4. The van der Waals surface area contributed by atoms with Crippen LogP contribution >= 0.6 is 33.9 Å². The van der Waals surface area contributed by atoms with Gasteiger partial charge in [-0.1, -0.05) is 25.1 Å². The SMILES string of the molecule is CCNC(c1csc(I)c1)c1ccc2c(c1)CCC2. The fraction of sp³-hybridized carbons (Fsp3) is 0.375. The average Bonchev–Trinajstić information content (AvgIpc) is 3.03. The second kappa shape index (κ2) is 5.94. The summed E-state index contributed by atoms with van der Waals surface area (Å²) in [5.74, 6) is 0. The Morgan fingerprint density at radius 3 is 2.79 bits per heavy atom. The van der Waals surface area contributed by atoms with E-state index < -0.39 is 0 Å². The predicted octanol–water partition coefficient (Wildman–Crippen LogP) is 4.54. The van der Waals surface area contributed by atoms with Crippen molar-refractivity contribution in [2.24, 2.45) is 0 Å². The maximum absolute atomic E-state index is 3.62. The van der Waals surface area contributed by atoms with Gasteiger partial charge in [0.15, 0.2) is 0 Å². The molecule has 1 unspecified atom stereocenters. The number of halogens is 1. The van der Waals surface area contributed by atoms with Gasteiger partial charge in [0.05, 0.1) is 8.93 Å². The first kappa shape index (κ1) is 13.6. The standard InChI is InChI=1S/C16H18INS/c1-2-18-16(14-9-15(17)19-10-14)13-7-6-11-4-3-5-12(11)8-13/h6-10,16,18H,2-5H2,1H3. The lowest BCUT2D eigenvalue weighted by molar-refractivity contribution is 0.631. The molecule has 0 fully saturated rings. The van der Waals surface area contributed by atoms with Crippen molar-refractivity contribution >= 4 is 33.9 Å². The van der Waals surface area contributed by atoms with Crippen LogP contribution in [0.25, 0.3) is 0 Å². The van der Waals surface area contributed by atoms with E-state index in [0.29, 0.717) is 6.04 Å². The van der Waals surface area contributed by atoms with E-state index in [-0.39, 0.29) is 0 Å². The summed E-state index contributed by atoms with van der Waals surface area (Å²) in [5.41, 5.74) is 5.93. The molecule has 0 saturated carbocycles. The number of hydrogen-bond acceptors (Lipinski definition) is 2. The van der Waals surface area contributed by atoms with Crippen LogP contribution in [-0.2, 0) is 12.8 Å². The maximum Gasteiger partial charge on any atom is 0.0656 e. The Hall–Kier alpha value is -0.390. The van der Waals surface area contributed by atoms with Crippen molar-refractivity contribution < 1.29 is 0 Å². The fourth-order valence-corrected chi connectivity index (χ4v) is 4.28. The quantitative estimate of drug-likeness (QED) is 0.765. The van der Waals surface area contributed by atoms with Crippen molar-refractivity contribution in [3.05, 3.63) is 54.8 Å². The Morgan fingerprint density at radius 2 is 2.05 bits per heavy atom. The van der Waals surface area contributed by atoms with Crippen molar-refractivity contribution in [1.29, 1.82) is 0 Å². The Labute approximate surface area is 132 Å². The summed E-state index contributed by atoms with van der Waals surface area (Å²) in [6.07, 6.45) is 3.84. The summed E-state index contributed by atoms with van der Waals surface area (Å²) in [6, 6.07) is 9.70. The molecule has 0 aliphatic heterocycles. The van der Waals surface area contributed by atoms with Crippen molar-refractivity contribution in [3.8, 4) is 0 Å². The summed E-state index contributed by atoms with van der Waals surface area (Å²) in [7, 11) is 0. The molecule has 1 aromatic carbocycles. The fourth-order valence-electron chi connectivity index (χ4n) is 2.88. The van der Waals surface area contributed by atoms with Crippen molar-refractivity contribution in [1.82, 2.24) is 5.32 Å². The summed E-state index contributed by atoms with van der Waals surface area (Å²) < 4.78 is 1.36. The minimum Gasteiger partial charge on any atom is -0.307 e. The first-order valence-corrected chi connectivity index (χ1v) is 8.83. The van der Waals surface area contributed by atoms with Gasteiger partial charge >= 0.3 is 0 Å². The Bertz CT molecular complexity index is 576. The molecule has 1 atom stereocenters. The van der Waals surface area contributed by atoms with Gasteiger partial charge in [0.2, 0.25) is 0 Å². The van der Waals surface area contributed by atoms with Gasteiger partial charge in [-0.05, 0) is 82.1 Å². The topological polar surface area (TPSA) is 12.0 Å². The largest absolute Gasteiger partial charge is 0.307 e. The van der Waals surface area contributed by atoms with Gasteiger partial charge in [-0.15, -0.1) is 11.3 Å². The molecule has 3 rings (SSSR count). The number of hydrogen-bond donors (Lipinski definition) is 1. The molecular weight excluding hydrogens is 365 g/mol. The van der Waals surface area contributed by atoms with Crippen molar-refractivity contribution in [2.45, 2.75) is 32.2 Å². The van der Waals surface area contributed by atoms with Crippen LogP contribution in [0.4, 0.5) is 0 Å². The Kier molecular flexibility index (Phi) is 4.24. The number of aryl methyl sites for hydroxylation is 2. The van der Waals surface area contributed by atoms with E-state index in [2.05, 4.69) is 64.5 Å². The van der Waals surface area contributed by atoms with Crippen molar-refractivity contribution in [2.75, 3.05) is 6.54 Å². The molecule has 0 radical (unpaired) electrons. The second-order valence-corrected chi connectivity index (χ2v) is 7.86. The third-order valence-corrected chi connectivity index (χ3v) is 5.59. The van der Waals surface area contributed by atoms with Gasteiger partial charge in [0.25, 0.3) is 0 Å². The molecule has 0 amide bonds. The Balaban J connectivity index is 1.95. The molecule has 1 nitrogen and oxygen atoms in total. The summed E-state index contributed by atoms with van der Waals surface area (Å²) in [5, 5.41) is 5.90. The lowest BCUT2D eigenvalue weighted by atomic mass is 9.97. The first-order valence-electron chi connectivity index (χ1n) is 6.87. The molecule has 19 heavy (non-hydrogen) atoms. The van der Waals surface area contributed by atoms with Gasteiger partial charge < -0.3 is 5.32 Å². The lowest BCUT2D eigenvalue weighted by Gasteiger charge is -2.18. The number of thiophene rings is 1. The lowest BCUT2D eigenvalue weighted by Crippen LogP contribution is -2.21. The highest BCUT2D eigenvalue weighted by atomic mass is 127. The van der Waals surface area contributed by atoms with Crippen LogP contribution in [0.15, 0.2) is 29.6 Å². The van der Waals surface area contributed by atoms with Crippen LogP contribution < -0.4 is 5.32 Å². The molecule has 100 valence electrons. The second-order valence-electron chi connectivity index (χ2n) is 5.06. The van der Waals surface area contributed by atoms with Crippen LogP contribution in [0.5, 0.6) is 0 Å². The molecule has 2 aromatic rings. The predicted molar refractivity (Wildman–Crippen MR) is 91.0 cm³/mol. The van der Waals surface area contributed by atoms with Gasteiger partial charge in [-0.2, -0.15) is 0 Å². The summed E-state index contributed by atoms with van der Waals surface area (Å²) in [4.78, 5) is 0.